The molecule has 1 heterocycles. The lowest BCUT2D eigenvalue weighted by Gasteiger charge is -2.22. The molecule has 0 saturated heterocycles. The first-order valence-electron chi connectivity index (χ1n) is 7.56. The first-order valence-corrected chi connectivity index (χ1v) is 7.56. The van der Waals surface area contributed by atoms with E-state index >= 15 is 0 Å². The molecule has 3 unspecified atom stereocenters. The summed E-state index contributed by atoms with van der Waals surface area (Å²) in [6, 6.07) is 7.86. The third-order valence-electron chi connectivity index (χ3n) is 5.01. The number of rotatable bonds is 3. The second kappa shape index (κ2) is 4.62. The lowest BCUT2D eigenvalue weighted by molar-refractivity contribution is 0.348. The highest BCUT2D eigenvalue weighted by Gasteiger charge is 2.39. The number of nitrogens with zero attached hydrogens (tertiary/aromatic N) is 2. The zero-order chi connectivity index (χ0) is 13.5. The minimum absolute atomic E-state index is 0.506. The van der Waals surface area contributed by atoms with Crippen LogP contribution < -0.4 is 11.1 Å². The van der Waals surface area contributed by atoms with Crippen molar-refractivity contribution in [1.29, 1.82) is 0 Å². The molecule has 2 saturated carbocycles. The number of hydrogen-bond acceptors (Lipinski definition) is 4. The Morgan fingerprint density at radius 2 is 1.90 bits per heavy atom. The van der Waals surface area contributed by atoms with E-state index in [-0.39, 0.29) is 0 Å². The zero-order valence-electron chi connectivity index (χ0n) is 11.5. The first kappa shape index (κ1) is 11.9. The van der Waals surface area contributed by atoms with Gasteiger partial charge in [0.25, 0.3) is 0 Å². The van der Waals surface area contributed by atoms with E-state index < -0.39 is 0 Å². The van der Waals surface area contributed by atoms with Gasteiger partial charge in [-0.2, -0.15) is 0 Å². The highest BCUT2D eigenvalue weighted by atomic mass is 15.1. The van der Waals surface area contributed by atoms with E-state index in [0.717, 1.165) is 41.1 Å². The number of nitrogens with one attached hydrogen (secondary N) is 1. The van der Waals surface area contributed by atoms with Crippen LogP contribution in [0, 0.1) is 17.8 Å². The number of anilines is 2. The molecule has 2 fully saturated rings. The molecular formula is C16H20N4. The fraction of sp³-hybridized carbons (Fsp3) is 0.500. The van der Waals surface area contributed by atoms with Crippen LogP contribution in [0.4, 0.5) is 11.6 Å². The monoisotopic (exact) mass is 268 g/mol. The number of nitrogens with two attached hydrogens (primary N) is 1. The molecule has 0 amide bonds. The van der Waals surface area contributed by atoms with E-state index in [1.807, 2.05) is 24.3 Å². The normalized spacial score (nSPS) is 28.1. The highest BCUT2D eigenvalue weighted by Crippen LogP contribution is 2.48. The number of benzene rings is 1. The van der Waals surface area contributed by atoms with Crippen LogP contribution in [0.2, 0.25) is 0 Å². The summed E-state index contributed by atoms with van der Waals surface area (Å²) in [5.41, 5.74) is 7.77. The van der Waals surface area contributed by atoms with Crippen LogP contribution in [0.25, 0.3) is 11.0 Å². The van der Waals surface area contributed by atoms with E-state index in [0.29, 0.717) is 5.82 Å². The topological polar surface area (TPSA) is 63.8 Å². The molecule has 4 rings (SSSR count). The fourth-order valence-electron chi connectivity index (χ4n) is 4.00. The van der Waals surface area contributed by atoms with Crippen molar-refractivity contribution >= 4 is 22.7 Å². The Hall–Kier alpha value is -1.84. The summed E-state index contributed by atoms with van der Waals surface area (Å²) in [5, 5.41) is 3.43. The fourth-order valence-corrected chi connectivity index (χ4v) is 4.00. The predicted molar refractivity (Wildman–Crippen MR) is 81.4 cm³/mol. The van der Waals surface area contributed by atoms with Gasteiger partial charge in [0.15, 0.2) is 11.6 Å². The molecule has 104 valence electrons. The van der Waals surface area contributed by atoms with Crippen molar-refractivity contribution in [2.45, 2.75) is 25.7 Å². The summed E-state index contributed by atoms with van der Waals surface area (Å²) in [4.78, 5) is 9.02. The lowest BCUT2D eigenvalue weighted by atomic mass is 9.89. The van der Waals surface area contributed by atoms with E-state index in [1.54, 1.807) is 0 Å². The molecule has 2 bridgehead atoms. The zero-order valence-corrected chi connectivity index (χ0v) is 11.5. The number of hydrogen-bond donors (Lipinski definition) is 2. The summed E-state index contributed by atoms with van der Waals surface area (Å²) in [6.07, 6.45) is 5.67. The van der Waals surface area contributed by atoms with Crippen LogP contribution in [0.3, 0.4) is 0 Å². The Morgan fingerprint density at radius 1 is 1.10 bits per heavy atom. The van der Waals surface area contributed by atoms with Crippen molar-refractivity contribution in [3.05, 3.63) is 24.3 Å². The third kappa shape index (κ3) is 1.99. The van der Waals surface area contributed by atoms with Crippen LogP contribution in [0.15, 0.2) is 24.3 Å². The number of para-hydroxylation sites is 2. The smallest absolute Gasteiger partial charge is 0.169 e. The molecule has 3 atom stereocenters. The standard InChI is InChI=1S/C16H20N4/c17-15-16(20-14-4-2-1-3-13(14)19-15)18-9-12-8-10-5-6-11(12)7-10/h1-4,10-12H,5-9H2,(H2,17,19)(H,18,20). The van der Waals surface area contributed by atoms with Gasteiger partial charge in [-0.25, -0.2) is 9.97 Å². The van der Waals surface area contributed by atoms with Crippen LogP contribution in [0.5, 0.6) is 0 Å². The Morgan fingerprint density at radius 3 is 2.60 bits per heavy atom. The maximum atomic E-state index is 6.01. The second-order valence-electron chi connectivity index (χ2n) is 6.26. The van der Waals surface area contributed by atoms with Crippen LogP contribution in [-0.2, 0) is 0 Å². The van der Waals surface area contributed by atoms with Gasteiger partial charge in [-0.1, -0.05) is 18.6 Å². The summed E-state index contributed by atoms with van der Waals surface area (Å²) < 4.78 is 0. The quantitative estimate of drug-likeness (QED) is 0.898. The third-order valence-corrected chi connectivity index (χ3v) is 5.01. The first-order chi connectivity index (χ1) is 9.79. The van der Waals surface area contributed by atoms with Gasteiger partial charge in [0.1, 0.15) is 0 Å². The Bertz CT molecular complexity index is 639. The van der Waals surface area contributed by atoms with Crippen LogP contribution in [-0.4, -0.2) is 16.5 Å². The van der Waals surface area contributed by atoms with E-state index in [2.05, 4.69) is 15.3 Å². The SMILES string of the molecule is Nc1nc2ccccc2nc1NCC1CC2CCC1C2. The van der Waals surface area contributed by atoms with Crippen molar-refractivity contribution in [2.24, 2.45) is 17.8 Å². The Kier molecular flexibility index (Phi) is 2.76. The average Bonchev–Trinajstić information content (AvgIpc) is 3.07. The van der Waals surface area contributed by atoms with Crippen LogP contribution >= 0.6 is 0 Å². The van der Waals surface area contributed by atoms with Gasteiger partial charge < -0.3 is 11.1 Å². The van der Waals surface area contributed by atoms with Gasteiger partial charge in [-0.3, -0.25) is 0 Å². The number of aromatic nitrogens is 2. The van der Waals surface area contributed by atoms with Gasteiger partial charge in [0.2, 0.25) is 0 Å². The predicted octanol–water partition coefficient (Wildman–Crippen LogP) is 3.06. The van der Waals surface area contributed by atoms with Gasteiger partial charge >= 0.3 is 0 Å². The highest BCUT2D eigenvalue weighted by molar-refractivity contribution is 5.79. The molecule has 1 aromatic carbocycles. The van der Waals surface area contributed by atoms with Crippen LogP contribution in [0.1, 0.15) is 25.7 Å². The van der Waals surface area contributed by atoms with Gasteiger partial charge in [-0.15, -0.1) is 0 Å². The minimum atomic E-state index is 0.506. The van der Waals surface area contributed by atoms with Gasteiger partial charge in [-0.05, 0) is 49.1 Å². The van der Waals surface area contributed by atoms with E-state index in [9.17, 15) is 0 Å². The van der Waals surface area contributed by atoms with Crippen molar-refractivity contribution in [2.75, 3.05) is 17.6 Å². The van der Waals surface area contributed by atoms with Crippen molar-refractivity contribution in [3.63, 3.8) is 0 Å². The second-order valence-corrected chi connectivity index (χ2v) is 6.26. The summed E-state index contributed by atoms with van der Waals surface area (Å²) >= 11 is 0. The van der Waals surface area contributed by atoms with Crippen molar-refractivity contribution in [1.82, 2.24) is 9.97 Å². The van der Waals surface area contributed by atoms with Crippen molar-refractivity contribution < 1.29 is 0 Å². The van der Waals surface area contributed by atoms with E-state index in [1.165, 1.54) is 25.7 Å². The molecule has 1 aromatic heterocycles. The molecule has 2 aromatic rings. The Labute approximate surface area is 118 Å². The molecule has 4 heteroatoms. The van der Waals surface area contributed by atoms with Gasteiger partial charge in [0.05, 0.1) is 11.0 Å². The molecule has 0 radical (unpaired) electrons. The largest absolute Gasteiger partial charge is 0.381 e. The summed E-state index contributed by atoms with van der Waals surface area (Å²) in [6.45, 7) is 0.985. The molecule has 2 aliphatic carbocycles. The number of fused-ring (bicyclic) bond motifs is 3. The molecule has 3 N–H and O–H groups in total. The lowest BCUT2D eigenvalue weighted by Crippen LogP contribution is -2.21. The van der Waals surface area contributed by atoms with Gasteiger partial charge in [0, 0.05) is 6.54 Å². The summed E-state index contributed by atoms with van der Waals surface area (Å²) in [7, 11) is 0. The molecule has 20 heavy (non-hydrogen) atoms. The Balaban J connectivity index is 1.52. The molecule has 0 spiro atoms. The maximum absolute atomic E-state index is 6.01. The molecular weight excluding hydrogens is 248 g/mol. The molecule has 2 aliphatic rings. The minimum Gasteiger partial charge on any atom is -0.381 e. The van der Waals surface area contributed by atoms with E-state index in [4.69, 9.17) is 5.73 Å². The molecule has 4 nitrogen and oxygen atoms in total. The van der Waals surface area contributed by atoms with Crippen molar-refractivity contribution in [3.8, 4) is 0 Å². The average molecular weight is 268 g/mol. The molecule has 0 aliphatic heterocycles. The summed E-state index contributed by atoms with van der Waals surface area (Å²) in [5.74, 6) is 3.94. The maximum Gasteiger partial charge on any atom is 0.169 e. The number of nitrogen functional groups attached to an aromatic ring is 1.